The molecule has 48 valence electrons. The second-order valence-corrected chi connectivity index (χ2v) is 4.53. The lowest BCUT2D eigenvalue weighted by atomic mass is 10.0. The van der Waals surface area contributed by atoms with Crippen molar-refractivity contribution in [1.29, 1.82) is 0 Å². The van der Waals surface area contributed by atoms with Crippen molar-refractivity contribution in [3.8, 4) is 0 Å². The van der Waals surface area contributed by atoms with Crippen LogP contribution in [0, 0.1) is 11.8 Å². The summed E-state index contributed by atoms with van der Waals surface area (Å²) in [5.74, 6) is 1.95. The summed E-state index contributed by atoms with van der Waals surface area (Å²) in [5.41, 5.74) is 0. The molecule has 0 radical (unpaired) electrons. The molecule has 0 aromatic heterocycles. The van der Waals surface area contributed by atoms with Gasteiger partial charge in [0.15, 0.2) is 0 Å². The fourth-order valence-electron chi connectivity index (χ4n) is 1.30. The van der Waals surface area contributed by atoms with E-state index >= 15 is 0 Å². The molecule has 0 aliphatic heterocycles. The molecule has 1 aliphatic rings. The van der Waals surface area contributed by atoms with Gasteiger partial charge in [-0.2, -0.15) is 0 Å². The van der Waals surface area contributed by atoms with Crippen LogP contribution in [0.5, 0.6) is 0 Å². The number of hydrogen-bond acceptors (Lipinski definition) is 0. The van der Waals surface area contributed by atoms with E-state index in [0.717, 1.165) is 15.8 Å². The third-order valence-electron chi connectivity index (χ3n) is 2.37. The van der Waals surface area contributed by atoms with E-state index < -0.39 is 0 Å². The zero-order valence-electron chi connectivity index (χ0n) is 5.52. The van der Waals surface area contributed by atoms with Gasteiger partial charge in [-0.3, -0.25) is 0 Å². The molecule has 1 rings (SSSR count). The van der Waals surface area contributed by atoms with Crippen LogP contribution >= 0.6 is 22.6 Å². The van der Waals surface area contributed by atoms with Crippen molar-refractivity contribution in [3.05, 3.63) is 0 Å². The molecule has 1 fully saturated rings. The summed E-state index contributed by atoms with van der Waals surface area (Å²) in [7, 11) is 0. The molecule has 0 N–H and O–H groups in total. The molecule has 0 aromatic rings. The fraction of sp³-hybridized carbons (Fsp3) is 1.00. The molecule has 3 atom stereocenters. The Morgan fingerprint density at radius 2 is 1.88 bits per heavy atom. The first-order valence-electron chi connectivity index (χ1n) is 3.36. The van der Waals surface area contributed by atoms with E-state index in [1.807, 2.05) is 0 Å². The summed E-state index contributed by atoms with van der Waals surface area (Å²) < 4.78 is 0.961. The average molecular weight is 224 g/mol. The Hall–Kier alpha value is 0.730. The van der Waals surface area contributed by atoms with Crippen molar-refractivity contribution in [2.45, 2.75) is 30.6 Å². The van der Waals surface area contributed by atoms with Crippen LogP contribution in [0.25, 0.3) is 0 Å². The van der Waals surface area contributed by atoms with Gasteiger partial charge in [0.2, 0.25) is 0 Å². The minimum absolute atomic E-state index is 0.961. The summed E-state index contributed by atoms with van der Waals surface area (Å²) in [6, 6.07) is 0. The maximum atomic E-state index is 2.57. The fourth-order valence-corrected chi connectivity index (χ4v) is 2.37. The highest BCUT2D eigenvalue weighted by Gasteiger charge is 2.26. The second-order valence-electron chi connectivity index (χ2n) is 2.93. The molecule has 0 bridgehead atoms. The Labute approximate surface area is 65.2 Å². The van der Waals surface area contributed by atoms with E-state index in [9.17, 15) is 0 Å². The third kappa shape index (κ3) is 1.17. The first-order valence-corrected chi connectivity index (χ1v) is 4.60. The Morgan fingerprint density at radius 1 is 1.25 bits per heavy atom. The molecule has 8 heavy (non-hydrogen) atoms. The molecule has 1 saturated carbocycles. The van der Waals surface area contributed by atoms with Gasteiger partial charge in [0, 0.05) is 3.92 Å². The van der Waals surface area contributed by atoms with Gasteiger partial charge in [-0.15, -0.1) is 0 Å². The van der Waals surface area contributed by atoms with Crippen LogP contribution in [0.2, 0.25) is 0 Å². The van der Waals surface area contributed by atoms with E-state index in [-0.39, 0.29) is 0 Å². The lowest BCUT2D eigenvalue weighted by molar-refractivity contribution is 0.468. The zero-order valence-corrected chi connectivity index (χ0v) is 7.68. The standard InChI is InChI=1S/C7H13I/c1-5-3-4-7(8)6(5)2/h5-7H,3-4H2,1-2H3/t5-,6?,7-/m0/s1. The van der Waals surface area contributed by atoms with Crippen LogP contribution in [0.3, 0.4) is 0 Å². The highest BCUT2D eigenvalue weighted by Crippen LogP contribution is 2.35. The molecule has 0 heterocycles. The molecular weight excluding hydrogens is 211 g/mol. The highest BCUT2D eigenvalue weighted by molar-refractivity contribution is 14.1. The summed E-state index contributed by atoms with van der Waals surface area (Å²) >= 11 is 2.57. The molecule has 0 spiro atoms. The Balaban J connectivity index is 2.44. The van der Waals surface area contributed by atoms with Gasteiger partial charge in [-0.25, -0.2) is 0 Å². The monoisotopic (exact) mass is 224 g/mol. The number of hydrogen-bond donors (Lipinski definition) is 0. The molecule has 1 unspecified atom stereocenters. The summed E-state index contributed by atoms with van der Waals surface area (Å²) in [6.07, 6.45) is 2.90. The largest absolute Gasteiger partial charge is 0.0823 e. The molecule has 0 nitrogen and oxygen atoms in total. The first kappa shape index (κ1) is 6.84. The van der Waals surface area contributed by atoms with Crippen LogP contribution in [0.1, 0.15) is 26.7 Å². The van der Waals surface area contributed by atoms with Crippen molar-refractivity contribution in [2.24, 2.45) is 11.8 Å². The minimum atomic E-state index is 0.961. The van der Waals surface area contributed by atoms with Gasteiger partial charge in [-0.1, -0.05) is 36.4 Å². The van der Waals surface area contributed by atoms with Crippen LogP contribution in [0.4, 0.5) is 0 Å². The van der Waals surface area contributed by atoms with Crippen LogP contribution in [0.15, 0.2) is 0 Å². The number of alkyl halides is 1. The highest BCUT2D eigenvalue weighted by atomic mass is 127. The van der Waals surface area contributed by atoms with Crippen molar-refractivity contribution in [3.63, 3.8) is 0 Å². The predicted molar refractivity (Wildman–Crippen MR) is 45.4 cm³/mol. The Bertz CT molecular complexity index is 70.5. The molecule has 0 saturated heterocycles. The second kappa shape index (κ2) is 2.54. The summed E-state index contributed by atoms with van der Waals surface area (Å²) in [4.78, 5) is 0. The van der Waals surface area contributed by atoms with E-state index in [2.05, 4.69) is 36.4 Å². The quantitative estimate of drug-likeness (QED) is 0.438. The normalized spacial score (nSPS) is 47.6. The SMILES string of the molecule is CC1[C@@H](C)CC[C@@H]1I. The van der Waals surface area contributed by atoms with Crippen molar-refractivity contribution < 1.29 is 0 Å². The van der Waals surface area contributed by atoms with Crippen LogP contribution < -0.4 is 0 Å². The molecule has 1 aliphatic carbocycles. The van der Waals surface area contributed by atoms with Gasteiger partial charge >= 0.3 is 0 Å². The Morgan fingerprint density at radius 3 is 2.00 bits per heavy atom. The smallest absolute Gasteiger partial charge is 0.0138 e. The molecule has 1 heteroatoms. The Kier molecular flexibility index (Phi) is 2.18. The zero-order chi connectivity index (χ0) is 6.15. The molecule has 0 aromatic carbocycles. The van der Waals surface area contributed by atoms with Gasteiger partial charge in [-0.05, 0) is 24.7 Å². The lowest BCUT2D eigenvalue weighted by Crippen LogP contribution is -2.06. The average Bonchev–Trinajstić information content (AvgIpc) is 1.98. The predicted octanol–water partition coefficient (Wildman–Crippen LogP) is 2.86. The third-order valence-corrected chi connectivity index (χ3v) is 4.12. The van der Waals surface area contributed by atoms with E-state index in [4.69, 9.17) is 0 Å². The summed E-state index contributed by atoms with van der Waals surface area (Å²) in [6.45, 7) is 4.73. The van der Waals surface area contributed by atoms with E-state index in [0.29, 0.717) is 0 Å². The molecular formula is C7H13I. The van der Waals surface area contributed by atoms with Crippen molar-refractivity contribution >= 4 is 22.6 Å². The maximum Gasteiger partial charge on any atom is 0.0138 e. The van der Waals surface area contributed by atoms with Gasteiger partial charge < -0.3 is 0 Å². The van der Waals surface area contributed by atoms with Crippen molar-refractivity contribution in [2.75, 3.05) is 0 Å². The van der Waals surface area contributed by atoms with E-state index in [1.165, 1.54) is 12.8 Å². The van der Waals surface area contributed by atoms with Crippen LogP contribution in [-0.4, -0.2) is 3.92 Å². The number of rotatable bonds is 0. The van der Waals surface area contributed by atoms with Gasteiger partial charge in [0.1, 0.15) is 0 Å². The van der Waals surface area contributed by atoms with Crippen LogP contribution in [-0.2, 0) is 0 Å². The summed E-state index contributed by atoms with van der Waals surface area (Å²) in [5, 5.41) is 0. The lowest BCUT2D eigenvalue weighted by Gasteiger charge is -2.10. The molecule has 0 amide bonds. The number of halogens is 1. The van der Waals surface area contributed by atoms with Crippen molar-refractivity contribution in [1.82, 2.24) is 0 Å². The topological polar surface area (TPSA) is 0 Å². The first-order chi connectivity index (χ1) is 3.72. The van der Waals surface area contributed by atoms with E-state index in [1.54, 1.807) is 0 Å². The van der Waals surface area contributed by atoms with Gasteiger partial charge in [0.05, 0.1) is 0 Å². The maximum absolute atomic E-state index is 2.57. The minimum Gasteiger partial charge on any atom is -0.0823 e. The van der Waals surface area contributed by atoms with Gasteiger partial charge in [0.25, 0.3) is 0 Å².